The van der Waals surface area contributed by atoms with Gasteiger partial charge in [-0.25, -0.2) is 9.97 Å². The smallest absolute Gasteiger partial charge is 0.162 e. The number of hydrogen-bond donors (Lipinski definition) is 0. The molecule has 2 aliphatic heterocycles. The molecule has 2 aliphatic rings. The molecule has 0 radical (unpaired) electrons. The van der Waals surface area contributed by atoms with Gasteiger partial charge in [-0.05, 0) is 56.4 Å². The van der Waals surface area contributed by atoms with Crippen LogP contribution in [0.1, 0.15) is 40.8 Å². The lowest BCUT2D eigenvalue weighted by molar-refractivity contribution is 0.0817. The van der Waals surface area contributed by atoms with Crippen LogP contribution in [0.25, 0.3) is 11.4 Å². The highest BCUT2D eigenvalue weighted by molar-refractivity contribution is 5.68. The fourth-order valence-electron chi connectivity index (χ4n) is 5.36. The molecule has 172 valence electrons. The monoisotopic (exact) mass is 442 g/mol. The number of rotatable bonds is 4. The van der Waals surface area contributed by atoms with Gasteiger partial charge in [0.05, 0.1) is 11.8 Å². The summed E-state index contributed by atoms with van der Waals surface area (Å²) in [4.78, 5) is 15.4. The van der Waals surface area contributed by atoms with Crippen molar-refractivity contribution >= 4 is 11.5 Å². The largest absolute Gasteiger partial charge is 0.381 e. The zero-order chi connectivity index (χ0) is 22.9. The van der Waals surface area contributed by atoms with Crippen molar-refractivity contribution in [3.05, 3.63) is 70.4 Å². The Balaban J connectivity index is 1.58. The van der Waals surface area contributed by atoms with Crippen LogP contribution >= 0.6 is 0 Å². The van der Waals surface area contributed by atoms with Crippen LogP contribution in [-0.2, 0) is 17.7 Å². The van der Waals surface area contributed by atoms with Crippen molar-refractivity contribution < 1.29 is 4.74 Å². The first-order chi connectivity index (χ1) is 16.0. The highest BCUT2D eigenvalue weighted by atomic mass is 16.5. The molecule has 0 N–H and O–H groups in total. The number of piperidine rings is 1. The molecule has 2 aromatic carbocycles. The Morgan fingerprint density at radius 2 is 1.52 bits per heavy atom. The van der Waals surface area contributed by atoms with Crippen LogP contribution in [-0.4, -0.2) is 42.8 Å². The summed E-state index contributed by atoms with van der Waals surface area (Å²) in [6.45, 7) is 10.3. The SMILES string of the molecule is COC1CCN(c2nc(-c3c(C)cccc3C)nc3c2CN(c2ccccc2C)CC3)CC1. The third-order valence-electron chi connectivity index (χ3n) is 7.27. The third kappa shape index (κ3) is 4.22. The summed E-state index contributed by atoms with van der Waals surface area (Å²) in [6, 6.07) is 15.1. The van der Waals surface area contributed by atoms with E-state index in [9.17, 15) is 0 Å². The molecule has 0 bridgehead atoms. The first kappa shape index (κ1) is 21.9. The average Bonchev–Trinajstić information content (AvgIpc) is 2.83. The number of hydrogen-bond acceptors (Lipinski definition) is 5. The van der Waals surface area contributed by atoms with E-state index in [4.69, 9.17) is 14.7 Å². The van der Waals surface area contributed by atoms with Crippen molar-refractivity contribution in [1.82, 2.24) is 9.97 Å². The fourth-order valence-corrected chi connectivity index (χ4v) is 5.36. The van der Waals surface area contributed by atoms with Crippen LogP contribution < -0.4 is 9.80 Å². The van der Waals surface area contributed by atoms with Gasteiger partial charge in [0.2, 0.25) is 0 Å². The van der Waals surface area contributed by atoms with E-state index in [0.29, 0.717) is 6.10 Å². The van der Waals surface area contributed by atoms with Crippen molar-refractivity contribution in [3.8, 4) is 11.4 Å². The van der Waals surface area contributed by atoms with E-state index in [1.165, 1.54) is 39.2 Å². The summed E-state index contributed by atoms with van der Waals surface area (Å²) in [7, 11) is 1.83. The number of methoxy groups -OCH3 is 1. The van der Waals surface area contributed by atoms with Gasteiger partial charge in [-0.3, -0.25) is 0 Å². The lowest BCUT2D eigenvalue weighted by atomic mass is 9.99. The van der Waals surface area contributed by atoms with E-state index in [1.54, 1.807) is 0 Å². The number of aryl methyl sites for hydroxylation is 3. The van der Waals surface area contributed by atoms with Crippen molar-refractivity contribution in [2.24, 2.45) is 0 Å². The van der Waals surface area contributed by atoms with Gasteiger partial charge in [-0.15, -0.1) is 0 Å². The number of fused-ring (bicyclic) bond motifs is 1. The summed E-state index contributed by atoms with van der Waals surface area (Å²) in [5.74, 6) is 1.99. The summed E-state index contributed by atoms with van der Waals surface area (Å²) in [5, 5.41) is 0. The second kappa shape index (κ2) is 9.14. The molecule has 0 unspecified atom stereocenters. The molecule has 0 spiro atoms. The van der Waals surface area contributed by atoms with Crippen LogP contribution in [0.15, 0.2) is 42.5 Å². The Labute approximate surface area is 197 Å². The molecule has 5 rings (SSSR count). The fraction of sp³-hybridized carbons (Fsp3) is 0.429. The maximum Gasteiger partial charge on any atom is 0.162 e. The highest BCUT2D eigenvalue weighted by Gasteiger charge is 2.29. The molecule has 1 saturated heterocycles. The zero-order valence-corrected chi connectivity index (χ0v) is 20.3. The van der Waals surface area contributed by atoms with Gasteiger partial charge in [0, 0.05) is 56.5 Å². The first-order valence-electron chi connectivity index (χ1n) is 12.1. The Hall–Kier alpha value is -2.92. The van der Waals surface area contributed by atoms with E-state index in [-0.39, 0.29) is 0 Å². The van der Waals surface area contributed by atoms with Crippen LogP contribution in [0.5, 0.6) is 0 Å². The molecule has 0 amide bonds. The summed E-state index contributed by atoms with van der Waals surface area (Å²) in [6.07, 6.45) is 3.36. The third-order valence-corrected chi connectivity index (χ3v) is 7.27. The molecule has 0 atom stereocenters. The van der Waals surface area contributed by atoms with E-state index < -0.39 is 0 Å². The van der Waals surface area contributed by atoms with E-state index in [1.807, 2.05) is 7.11 Å². The Morgan fingerprint density at radius 1 is 0.818 bits per heavy atom. The van der Waals surface area contributed by atoms with Gasteiger partial charge >= 0.3 is 0 Å². The summed E-state index contributed by atoms with van der Waals surface area (Å²) in [5.41, 5.74) is 8.76. The van der Waals surface area contributed by atoms with Crippen LogP contribution in [0.3, 0.4) is 0 Å². The Bertz CT molecular complexity index is 1130. The predicted molar refractivity (Wildman–Crippen MR) is 135 cm³/mol. The second-order valence-electron chi connectivity index (χ2n) is 9.44. The van der Waals surface area contributed by atoms with Crippen LogP contribution in [0.4, 0.5) is 11.5 Å². The van der Waals surface area contributed by atoms with Crippen molar-refractivity contribution in [2.75, 3.05) is 36.5 Å². The van der Waals surface area contributed by atoms with Crippen molar-refractivity contribution in [2.45, 2.75) is 52.7 Å². The number of nitrogens with zero attached hydrogens (tertiary/aromatic N) is 4. The Kier molecular flexibility index (Phi) is 6.07. The molecule has 3 aromatic rings. The molecule has 5 heteroatoms. The van der Waals surface area contributed by atoms with Gasteiger partial charge < -0.3 is 14.5 Å². The minimum Gasteiger partial charge on any atom is -0.381 e. The van der Waals surface area contributed by atoms with Gasteiger partial charge in [0.1, 0.15) is 5.82 Å². The molecule has 1 fully saturated rings. The number of benzene rings is 2. The summed E-state index contributed by atoms with van der Waals surface area (Å²) >= 11 is 0. The molecule has 0 saturated carbocycles. The van der Waals surface area contributed by atoms with E-state index in [0.717, 1.165) is 57.1 Å². The van der Waals surface area contributed by atoms with Gasteiger partial charge in [-0.2, -0.15) is 0 Å². The molecule has 1 aromatic heterocycles. The van der Waals surface area contributed by atoms with Gasteiger partial charge in [0.15, 0.2) is 5.82 Å². The van der Waals surface area contributed by atoms with E-state index >= 15 is 0 Å². The molecular weight excluding hydrogens is 408 g/mol. The molecule has 5 nitrogen and oxygen atoms in total. The number of aromatic nitrogens is 2. The lowest BCUT2D eigenvalue weighted by Gasteiger charge is -2.37. The zero-order valence-electron chi connectivity index (χ0n) is 20.3. The molecular formula is C28H34N4O. The van der Waals surface area contributed by atoms with Crippen molar-refractivity contribution in [1.29, 1.82) is 0 Å². The number of para-hydroxylation sites is 1. The van der Waals surface area contributed by atoms with Gasteiger partial charge in [0.25, 0.3) is 0 Å². The minimum absolute atomic E-state index is 0.348. The normalized spacial score (nSPS) is 16.7. The topological polar surface area (TPSA) is 41.5 Å². The minimum atomic E-state index is 0.348. The molecule has 33 heavy (non-hydrogen) atoms. The van der Waals surface area contributed by atoms with Crippen LogP contribution in [0.2, 0.25) is 0 Å². The molecule has 3 heterocycles. The maximum atomic E-state index is 5.63. The standard InChI is InChI=1S/C28H34N4O/c1-19-8-5-6-11-25(19)32-17-14-24-23(18-32)28(31-15-12-22(33-4)13-16-31)30-27(29-24)26-20(2)9-7-10-21(26)3/h5-11,22H,12-18H2,1-4H3. The van der Waals surface area contributed by atoms with Gasteiger partial charge in [-0.1, -0.05) is 36.4 Å². The first-order valence-corrected chi connectivity index (χ1v) is 12.1. The van der Waals surface area contributed by atoms with Crippen LogP contribution in [0, 0.1) is 20.8 Å². The number of ether oxygens (including phenoxy) is 1. The maximum absolute atomic E-state index is 5.63. The second-order valence-corrected chi connectivity index (χ2v) is 9.44. The average molecular weight is 443 g/mol. The van der Waals surface area contributed by atoms with Crippen molar-refractivity contribution in [3.63, 3.8) is 0 Å². The highest BCUT2D eigenvalue weighted by Crippen LogP contribution is 2.35. The lowest BCUT2D eigenvalue weighted by Crippen LogP contribution is -2.40. The van der Waals surface area contributed by atoms with E-state index in [2.05, 4.69) is 73.0 Å². The summed E-state index contributed by atoms with van der Waals surface area (Å²) < 4.78 is 5.63. The Morgan fingerprint density at radius 3 is 2.21 bits per heavy atom. The predicted octanol–water partition coefficient (Wildman–Crippen LogP) is 5.25. The quantitative estimate of drug-likeness (QED) is 0.552. The molecule has 0 aliphatic carbocycles. The number of anilines is 2.